The van der Waals surface area contributed by atoms with Gasteiger partial charge < -0.3 is 41.2 Å². The minimum Gasteiger partial charge on any atom is -0.687 e. The smallest absolute Gasteiger partial charge is 0.687 e. The van der Waals surface area contributed by atoms with Crippen LogP contribution in [-0.4, -0.2) is 89.3 Å². The summed E-state index contributed by atoms with van der Waals surface area (Å²) in [6.45, 7) is 26.9. The van der Waals surface area contributed by atoms with Gasteiger partial charge in [0.25, 0.3) is 0 Å². The van der Waals surface area contributed by atoms with Gasteiger partial charge in [-0.15, -0.1) is 22.7 Å². The van der Waals surface area contributed by atoms with E-state index in [9.17, 15) is 0 Å². The minimum absolute atomic E-state index is 0. The van der Waals surface area contributed by atoms with Gasteiger partial charge in [0.15, 0.2) is 0 Å². The van der Waals surface area contributed by atoms with Crippen LogP contribution in [-0.2, 0) is 52.4 Å². The van der Waals surface area contributed by atoms with Crippen molar-refractivity contribution in [3.05, 3.63) is 89.7 Å². The summed E-state index contributed by atoms with van der Waals surface area (Å²) in [6.07, 6.45) is 0. The third kappa shape index (κ3) is 51.0. The van der Waals surface area contributed by atoms with Crippen molar-refractivity contribution in [2.24, 2.45) is 0 Å². The van der Waals surface area contributed by atoms with Gasteiger partial charge in [-0.2, -0.15) is 56.4 Å². The molecule has 0 radical (unpaired) electrons. The Morgan fingerprint density at radius 1 is 0.283 bits per heavy atom. The fourth-order valence-corrected chi connectivity index (χ4v) is 6.45. The number of nitrogens with zero attached hydrogens (tertiary/aromatic N) is 8. The maximum atomic E-state index is 4.74. The first-order valence-corrected chi connectivity index (χ1v) is 28.8. The predicted octanol–water partition coefficient (Wildman–Crippen LogP) is 13.2. The molecule has 0 aliphatic heterocycles. The number of rotatable bonds is 8. The van der Waals surface area contributed by atoms with Crippen LogP contribution in [0.5, 0.6) is 0 Å². The van der Waals surface area contributed by atoms with Crippen LogP contribution in [0.3, 0.4) is 0 Å². The summed E-state index contributed by atoms with van der Waals surface area (Å²) in [5, 5.41) is 14.0. The van der Waals surface area contributed by atoms with Crippen molar-refractivity contribution in [3.63, 3.8) is 0 Å². The van der Waals surface area contributed by atoms with Gasteiger partial charge in [-0.25, -0.2) is 0 Å². The molecule has 0 bridgehead atoms. The van der Waals surface area contributed by atoms with Crippen LogP contribution in [0.1, 0.15) is 0 Å². The van der Waals surface area contributed by atoms with E-state index in [-0.39, 0.29) is 52.4 Å². The molecule has 46 heavy (non-hydrogen) atoms. The second kappa shape index (κ2) is 32.3. The van der Waals surface area contributed by atoms with E-state index in [0.29, 0.717) is 0 Å². The fourth-order valence-electron chi connectivity index (χ4n) is 2.75. The van der Waals surface area contributed by atoms with Crippen LogP contribution >= 0.6 is 0 Å². The summed E-state index contributed by atoms with van der Waals surface area (Å²) < 4.78 is 0. The SMILES string of the molecule is C[N-]C.C[N-]C.C[N-]C.C[N-]C.C[Si](C)(C)[N-]c1ccc([N-][Si](C)(C)C)cc1.C[Si](C)(C)[N-]c1ccc([N-][Si](C)(C)C)cc1.[Zr+4].[Zr+4]. The largest absolute Gasteiger partial charge is 4.00 e. The molecule has 0 unspecified atom stereocenters. The van der Waals surface area contributed by atoms with E-state index >= 15 is 0 Å². The first kappa shape index (κ1) is 58.3. The summed E-state index contributed by atoms with van der Waals surface area (Å²) in [7, 11) is 8.56. The maximum absolute atomic E-state index is 4.74. The first-order valence-electron chi connectivity index (χ1n) is 15.0. The molecule has 0 amide bonds. The van der Waals surface area contributed by atoms with Gasteiger partial charge in [-0.1, -0.05) is 127 Å². The van der Waals surface area contributed by atoms with E-state index in [4.69, 9.17) is 19.9 Å². The summed E-state index contributed by atoms with van der Waals surface area (Å²) in [5.41, 5.74) is 4.37. The van der Waals surface area contributed by atoms with Gasteiger partial charge in [-0.05, 0) is 32.9 Å². The van der Waals surface area contributed by atoms with Crippen LogP contribution in [0, 0.1) is 0 Å². The molecule has 0 atom stereocenters. The molecule has 8 nitrogen and oxygen atoms in total. The Hall–Kier alpha value is 0.114. The third-order valence-corrected chi connectivity index (χ3v) is 7.27. The Morgan fingerprint density at radius 3 is 0.435 bits per heavy atom. The second-order valence-electron chi connectivity index (χ2n) is 14.0. The first-order chi connectivity index (χ1) is 20.0. The van der Waals surface area contributed by atoms with E-state index in [2.05, 4.69) is 148 Å². The molecule has 0 aromatic heterocycles. The van der Waals surface area contributed by atoms with Gasteiger partial charge in [0.1, 0.15) is 0 Å². The molecule has 0 saturated carbocycles. The number of benzene rings is 2. The van der Waals surface area contributed by atoms with Crippen LogP contribution in [0.2, 0.25) is 78.6 Å². The van der Waals surface area contributed by atoms with Crippen molar-refractivity contribution in [1.29, 1.82) is 0 Å². The topological polar surface area (TPSA) is 113 Å². The monoisotopic (exact) mass is 856 g/mol. The molecule has 2 rings (SSSR count). The van der Waals surface area contributed by atoms with Crippen LogP contribution in [0.4, 0.5) is 22.7 Å². The Labute approximate surface area is 330 Å². The molecule has 0 aliphatic rings. The summed E-state index contributed by atoms with van der Waals surface area (Å²) in [4.78, 5) is 19.0. The average Bonchev–Trinajstić information content (AvgIpc) is 2.81. The van der Waals surface area contributed by atoms with Crippen molar-refractivity contribution in [3.8, 4) is 0 Å². The van der Waals surface area contributed by atoms with Crippen molar-refractivity contribution in [1.82, 2.24) is 0 Å². The van der Waals surface area contributed by atoms with Crippen LogP contribution < -0.4 is 0 Å². The Kier molecular flexibility index (Phi) is 41.0. The van der Waals surface area contributed by atoms with E-state index < -0.39 is 32.9 Å². The number of hydrogen-bond acceptors (Lipinski definition) is 0. The van der Waals surface area contributed by atoms with E-state index in [1.54, 1.807) is 56.4 Å². The molecule has 0 fully saturated rings. The van der Waals surface area contributed by atoms with E-state index in [1.807, 2.05) is 0 Å². The van der Waals surface area contributed by atoms with Crippen molar-refractivity contribution in [2.45, 2.75) is 78.6 Å². The van der Waals surface area contributed by atoms with Gasteiger partial charge in [0.2, 0.25) is 0 Å². The fraction of sp³-hybridized carbons (Fsp3) is 0.625. The molecule has 0 spiro atoms. The van der Waals surface area contributed by atoms with Crippen molar-refractivity contribution < 1.29 is 52.4 Å². The van der Waals surface area contributed by atoms with Gasteiger partial charge in [0, 0.05) is 0 Å². The molecule has 0 heterocycles. The van der Waals surface area contributed by atoms with E-state index in [0.717, 1.165) is 22.7 Å². The Morgan fingerprint density at radius 2 is 0.370 bits per heavy atom. The minimum atomic E-state index is -1.36. The van der Waals surface area contributed by atoms with Gasteiger partial charge in [0.05, 0.1) is 0 Å². The molecular formula is C32H68N8Si4Zr2. The molecule has 14 heteroatoms. The summed E-state index contributed by atoms with van der Waals surface area (Å²) >= 11 is 0. The zero-order valence-electron chi connectivity index (χ0n) is 33.2. The second-order valence-corrected chi connectivity index (χ2v) is 32.2. The van der Waals surface area contributed by atoms with Crippen LogP contribution in [0.25, 0.3) is 41.2 Å². The molecule has 0 saturated heterocycles. The van der Waals surface area contributed by atoms with E-state index in [1.165, 1.54) is 0 Å². The number of hydrogen-bond donors (Lipinski definition) is 0. The van der Waals surface area contributed by atoms with Crippen LogP contribution in [0.15, 0.2) is 48.5 Å². The molecule has 2 aromatic carbocycles. The summed E-state index contributed by atoms with van der Waals surface area (Å²) in [5.74, 6) is 0. The maximum Gasteiger partial charge on any atom is 4.00 e. The Balaban J connectivity index is -0.000000125. The Bertz CT molecular complexity index is 748. The van der Waals surface area contributed by atoms with Gasteiger partial charge >= 0.3 is 52.4 Å². The molecule has 2 aromatic rings. The molecule has 0 N–H and O–H groups in total. The zero-order valence-corrected chi connectivity index (χ0v) is 42.1. The molecule has 260 valence electrons. The quantitative estimate of drug-likeness (QED) is 0.235. The van der Waals surface area contributed by atoms with Crippen molar-refractivity contribution in [2.75, 3.05) is 56.4 Å². The summed E-state index contributed by atoms with van der Waals surface area (Å²) in [6, 6.07) is 16.6. The predicted molar refractivity (Wildman–Crippen MR) is 219 cm³/mol. The normalized spacial score (nSPS) is 10.2. The molecular weight excluding hydrogens is 791 g/mol. The standard InChI is InChI=1S/2C12H22N2Si2.4C2H6N.2Zr/c2*1-15(2,3)13-11-7-9-12(10-8-11)14-16(4,5)6;4*1-3-2;;/h2*7-10H,1-6H3;4*1-2H3;;/q2*-2;4*-1;2*+4. The van der Waals surface area contributed by atoms with Crippen molar-refractivity contribution >= 4 is 55.7 Å². The third-order valence-electron chi connectivity index (χ3n) is 3.56. The van der Waals surface area contributed by atoms with Gasteiger partial charge in [-0.3, -0.25) is 0 Å². The average molecular weight is 860 g/mol. The zero-order chi connectivity index (χ0) is 35.6. The molecule has 0 aliphatic carbocycles.